The monoisotopic (exact) mass is 1100 g/mol. The Kier molecular flexibility index (Phi) is 14.6. The van der Waals surface area contributed by atoms with E-state index in [-0.39, 0.29) is 54.4 Å². The van der Waals surface area contributed by atoms with E-state index >= 15 is 4.79 Å². The molecule has 18 nitrogen and oxygen atoms in total. The first-order valence-electron chi connectivity index (χ1n) is 29.3. The number of cyclic esters (lactones) is 1. The number of carbonyl (C=O) groups is 3. The third-order valence-electron chi connectivity index (χ3n) is 18.7. The minimum atomic E-state index is -0.992. The van der Waals surface area contributed by atoms with E-state index in [1.165, 1.54) is 19.2 Å². The Labute approximate surface area is 467 Å². The standard InChI is InChI=1S/C60H77N11O7S/c1-35-50(46-12-15-61-34-63-46)51(35)56(72)65-53-55(70-31-37-25-40(70)26-37)57-64-48(32-79-57)38-8-11-49-43(27-38)45(29-60(3,4)33-78-59(74)47-7-6-16-71(66-47)58(53)73)54(69(49)21-24-77-42-13-22-76-23-14-42)44-28-41(30-62-52(44)36(2)75-5)68-19-17-67(18-20-68)39-9-10-39/h8,11-12,15,27-28,30,32,34-37,39-40,42,47,50-51,53,55,66H,6-7,9-10,13-14,16-26,29,31,33H2,1-5H3,(H,65,72)/t35-,36-,37?,40?,47-,50-,51+,53-,55-/m0/s1. The van der Waals surface area contributed by atoms with Crippen LogP contribution in [0.5, 0.6) is 0 Å². The predicted octanol–water partition coefficient (Wildman–Crippen LogP) is 7.10. The fraction of sp³-hybridized carbons (Fsp3) is 0.617. The minimum Gasteiger partial charge on any atom is -0.464 e. The van der Waals surface area contributed by atoms with E-state index in [4.69, 9.17) is 28.9 Å². The van der Waals surface area contributed by atoms with Crippen LogP contribution in [0.15, 0.2) is 54.4 Å². The lowest BCUT2D eigenvalue weighted by atomic mass is 9.84. The van der Waals surface area contributed by atoms with Crippen LogP contribution in [0, 0.1) is 23.2 Å². The van der Waals surface area contributed by atoms with E-state index in [9.17, 15) is 9.59 Å². The molecule has 10 heterocycles. The van der Waals surface area contributed by atoms with Crippen LogP contribution in [-0.4, -0.2) is 160 Å². The molecule has 3 aliphatic carbocycles. The molecule has 2 N–H and O–H groups in total. The third kappa shape index (κ3) is 10.5. The second-order valence-corrected chi connectivity index (χ2v) is 25.5. The second-order valence-electron chi connectivity index (χ2n) is 24.6. The van der Waals surface area contributed by atoms with Crippen molar-refractivity contribution >= 4 is 45.7 Å². The van der Waals surface area contributed by atoms with Crippen molar-refractivity contribution in [1.82, 2.24) is 50.1 Å². The van der Waals surface area contributed by atoms with E-state index in [0.29, 0.717) is 58.1 Å². The molecule has 9 aliphatic rings. The van der Waals surface area contributed by atoms with Gasteiger partial charge in [-0.1, -0.05) is 26.8 Å². The summed E-state index contributed by atoms with van der Waals surface area (Å²) in [6, 6.07) is 9.60. The van der Waals surface area contributed by atoms with Gasteiger partial charge in [0.2, 0.25) is 5.91 Å². The number of carbonyl (C=O) groups excluding carboxylic acids is 3. The number of ether oxygens (including phenoxy) is 4. The zero-order chi connectivity index (χ0) is 54.1. The molecule has 6 aliphatic heterocycles. The van der Waals surface area contributed by atoms with Crippen LogP contribution in [0.3, 0.4) is 0 Å². The number of aromatic nitrogens is 5. The average molecular weight is 1100 g/mol. The summed E-state index contributed by atoms with van der Waals surface area (Å²) >= 11 is 1.55. The number of anilines is 1. The average Bonchev–Trinajstić information content (AvgIpc) is 4.41. The molecule has 5 saturated heterocycles. The quantitative estimate of drug-likeness (QED) is 0.114. The summed E-state index contributed by atoms with van der Waals surface area (Å²) in [5.41, 5.74) is 11.6. The number of nitrogens with one attached hydrogen (secondary N) is 2. The Bertz CT molecular complexity index is 3050. The van der Waals surface area contributed by atoms with Gasteiger partial charge in [-0.2, -0.15) is 0 Å². The Morgan fingerprint density at radius 1 is 1.00 bits per heavy atom. The number of benzene rings is 1. The van der Waals surface area contributed by atoms with Crippen molar-refractivity contribution in [3.63, 3.8) is 0 Å². The Morgan fingerprint density at radius 3 is 2.57 bits per heavy atom. The topological polar surface area (TPSA) is 182 Å². The molecule has 8 fully saturated rings. The molecule has 0 unspecified atom stereocenters. The summed E-state index contributed by atoms with van der Waals surface area (Å²) in [6.45, 7) is 16.2. The molecule has 0 radical (unpaired) electrons. The van der Waals surface area contributed by atoms with Crippen molar-refractivity contribution < 1.29 is 33.3 Å². The number of hydrogen-bond donors (Lipinski definition) is 2. The van der Waals surface area contributed by atoms with Crippen molar-refractivity contribution in [2.24, 2.45) is 23.2 Å². The van der Waals surface area contributed by atoms with Crippen molar-refractivity contribution in [3.8, 4) is 22.5 Å². The first kappa shape index (κ1) is 52.9. The van der Waals surface area contributed by atoms with Crippen molar-refractivity contribution in [3.05, 3.63) is 76.4 Å². The summed E-state index contributed by atoms with van der Waals surface area (Å²) in [5.74, 6) is -0.772. The Morgan fingerprint density at radius 2 is 1.82 bits per heavy atom. The fourth-order valence-corrected chi connectivity index (χ4v) is 14.9. The van der Waals surface area contributed by atoms with Gasteiger partial charge in [0.05, 0.1) is 60.4 Å². The van der Waals surface area contributed by atoms with Gasteiger partial charge in [-0.15, -0.1) is 11.3 Å². The van der Waals surface area contributed by atoms with Gasteiger partial charge >= 0.3 is 5.97 Å². The number of fused-ring (bicyclic) bond motifs is 7. The number of methoxy groups -OCH3 is 1. The molecule has 5 aromatic rings. The minimum absolute atomic E-state index is 0.0304. The van der Waals surface area contributed by atoms with Gasteiger partial charge in [0, 0.05) is 135 Å². The number of nitrogens with zero attached hydrogens (tertiary/aromatic N) is 9. The van der Waals surface area contributed by atoms with Crippen LogP contribution in [-0.2, 0) is 46.3 Å². The van der Waals surface area contributed by atoms with Crippen molar-refractivity contribution in [2.75, 3.05) is 77.7 Å². The maximum atomic E-state index is 15.5. The van der Waals surface area contributed by atoms with Gasteiger partial charge in [-0.3, -0.25) is 34.2 Å². The zero-order valence-corrected chi connectivity index (χ0v) is 47.3. The number of hydrazine groups is 1. The number of amides is 2. The number of hydrogen-bond acceptors (Lipinski definition) is 16. The van der Waals surface area contributed by atoms with Crippen LogP contribution in [0.25, 0.3) is 33.4 Å². The Hall–Kier alpha value is -5.41. The lowest BCUT2D eigenvalue weighted by Gasteiger charge is -2.40. The Balaban J connectivity index is 0.943. The highest BCUT2D eigenvalue weighted by Gasteiger charge is 2.56. The number of rotatable bonds is 13. The number of piperazine rings is 1. The number of thiazole rings is 1. The molecule has 8 bridgehead atoms. The lowest BCUT2D eigenvalue weighted by molar-refractivity contribution is -0.156. The highest BCUT2D eigenvalue weighted by molar-refractivity contribution is 7.10. The largest absolute Gasteiger partial charge is 0.464 e. The number of esters is 1. The first-order chi connectivity index (χ1) is 38.4. The van der Waals surface area contributed by atoms with Crippen LogP contribution < -0.4 is 15.6 Å². The summed E-state index contributed by atoms with van der Waals surface area (Å²) in [5, 5.41) is 8.90. The molecular formula is C60H77N11O7S. The van der Waals surface area contributed by atoms with Gasteiger partial charge in [-0.05, 0) is 106 Å². The van der Waals surface area contributed by atoms with E-state index in [1.807, 2.05) is 12.3 Å². The molecule has 19 heteroatoms. The SMILES string of the molecule is CO[C@@H](C)c1ncc(N2CCN(C3CC3)CC2)cc1-c1c2c3cc(ccc3n1CCOC1CCOCC1)-c1csc(n1)[C@@H](N1CC3CC1C3)[C@H](NC(=O)[C@@H]1[C@@H](C)[C@H]1c1ccncn1)C(=O)N1CCC[C@H](N1)C(=O)OCC(C)(C)C2. The van der Waals surface area contributed by atoms with Crippen LogP contribution in [0.2, 0.25) is 0 Å². The summed E-state index contributed by atoms with van der Waals surface area (Å²) < 4.78 is 27.4. The first-order valence-corrected chi connectivity index (χ1v) is 30.2. The molecule has 14 rings (SSSR count). The van der Waals surface area contributed by atoms with Gasteiger partial charge in [0.25, 0.3) is 5.91 Å². The molecular weight excluding hydrogens is 1020 g/mol. The third-order valence-corrected chi connectivity index (χ3v) is 19.6. The summed E-state index contributed by atoms with van der Waals surface area (Å²) in [4.78, 5) is 71.7. The zero-order valence-electron chi connectivity index (χ0n) is 46.5. The van der Waals surface area contributed by atoms with Gasteiger partial charge in [-0.25, -0.2) is 20.4 Å². The van der Waals surface area contributed by atoms with Gasteiger partial charge in [0.15, 0.2) is 0 Å². The molecule has 1 aromatic carbocycles. The highest BCUT2D eigenvalue weighted by Crippen LogP contribution is 2.54. The van der Waals surface area contributed by atoms with Crippen LogP contribution in [0.1, 0.15) is 119 Å². The maximum absolute atomic E-state index is 15.5. The second kappa shape index (κ2) is 21.8. The number of pyridine rings is 1. The van der Waals surface area contributed by atoms with E-state index < -0.39 is 29.5 Å². The molecule has 0 spiro atoms. The van der Waals surface area contributed by atoms with Crippen LogP contribution in [0.4, 0.5) is 5.69 Å². The molecule has 2 amide bonds. The van der Waals surface area contributed by atoms with Gasteiger partial charge < -0.3 is 33.7 Å². The summed E-state index contributed by atoms with van der Waals surface area (Å²) in [7, 11) is 1.75. The molecule has 420 valence electrons. The predicted molar refractivity (Wildman–Crippen MR) is 300 cm³/mol. The van der Waals surface area contributed by atoms with Crippen molar-refractivity contribution in [2.45, 2.75) is 140 Å². The summed E-state index contributed by atoms with van der Waals surface area (Å²) in [6.07, 6.45) is 13.2. The smallest absolute Gasteiger partial charge is 0.324 e. The fourth-order valence-electron chi connectivity index (χ4n) is 14.0. The van der Waals surface area contributed by atoms with E-state index in [0.717, 1.165) is 126 Å². The molecule has 79 heavy (non-hydrogen) atoms. The van der Waals surface area contributed by atoms with Gasteiger partial charge in [0.1, 0.15) is 23.4 Å². The lowest BCUT2D eigenvalue weighted by Crippen LogP contribution is -2.62. The van der Waals surface area contributed by atoms with Crippen LogP contribution >= 0.6 is 11.3 Å². The van der Waals surface area contributed by atoms with E-state index in [1.54, 1.807) is 29.7 Å². The normalized spacial score (nSPS) is 29.0. The molecule has 3 saturated carbocycles. The van der Waals surface area contributed by atoms with Crippen molar-refractivity contribution in [1.29, 1.82) is 0 Å². The highest BCUT2D eigenvalue weighted by atomic mass is 32.1. The molecule has 7 atom stereocenters. The maximum Gasteiger partial charge on any atom is 0.324 e. The molecule has 4 aromatic heterocycles. The van der Waals surface area contributed by atoms with E-state index in [2.05, 4.69) is 97.3 Å².